The van der Waals surface area contributed by atoms with Gasteiger partial charge in [0.25, 0.3) is 0 Å². The molecule has 0 aliphatic rings. The molecule has 0 saturated heterocycles. The number of hydrogen-bond donors (Lipinski definition) is 1. The average Bonchev–Trinajstić information content (AvgIpc) is 2.59. The number of ketones is 1. The standard InChI is InChI=1S/C20H20F3NO2/c1-13-6-7-16(10-14(13)2)18(25)8-9-19(26)24-12-15-4-3-5-17(11-15)20(21,22)23/h3-7,10-11H,8-9,12H2,1-2H3,(H,24,26). The highest BCUT2D eigenvalue weighted by Crippen LogP contribution is 2.29. The molecule has 0 spiro atoms. The average molecular weight is 363 g/mol. The summed E-state index contributed by atoms with van der Waals surface area (Å²) in [6, 6.07) is 10.2. The summed E-state index contributed by atoms with van der Waals surface area (Å²) < 4.78 is 38.0. The quantitative estimate of drug-likeness (QED) is 0.763. The molecule has 3 nitrogen and oxygen atoms in total. The van der Waals surface area contributed by atoms with Crippen LogP contribution in [0.5, 0.6) is 0 Å². The minimum atomic E-state index is -4.42. The molecule has 2 aromatic carbocycles. The maximum absolute atomic E-state index is 12.7. The molecule has 0 aliphatic carbocycles. The number of hydrogen-bond acceptors (Lipinski definition) is 2. The molecular weight excluding hydrogens is 343 g/mol. The number of rotatable bonds is 6. The van der Waals surface area contributed by atoms with Gasteiger partial charge in [-0.1, -0.05) is 24.3 Å². The largest absolute Gasteiger partial charge is 0.416 e. The van der Waals surface area contributed by atoms with Crippen molar-refractivity contribution in [3.05, 3.63) is 70.3 Å². The molecule has 2 aromatic rings. The van der Waals surface area contributed by atoms with Gasteiger partial charge in [-0.2, -0.15) is 13.2 Å². The number of Topliss-reactive ketones (excluding diaryl/α,β-unsaturated/α-hetero) is 1. The summed E-state index contributed by atoms with van der Waals surface area (Å²) in [7, 11) is 0. The minimum absolute atomic E-state index is 0.00921. The van der Waals surface area contributed by atoms with Crippen molar-refractivity contribution in [2.45, 2.75) is 39.4 Å². The maximum atomic E-state index is 12.7. The third kappa shape index (κ3) is 5.44. The van der Waals surface area contributed by atoms with Gasteiger partial charge in [-0.05, 0) is 48.7 Å². The van der Waals surface area contributed by atoms with E-state index < -0.39 is 11.7 Å². The van der Waals surface area contributed by atoms with Crippen molar-refractivity contribution in [1.29, 1.82) is 0 Å². The van der Waals surface area contributed by atoms with Crippen LogP contribution in [-0.2, 0) is 17.5 Å². The smallest absolute Gasteiger partial charge is 0.352 e. The van der Waals surface area contributed by atoms with Crippen LogP contribution in [0, 0.1) is 13.8 Å². The van der Waals surface area contributed by atoms with Gasteiger partial charge in [-0.15, -0.1) is 0 Å². The molecule has 0 aromatic heterocycles. The third-order valence-corrected chi connectivity index (χ3v) is 4.15. The predicted octanol–water partition coefficient (Wildman–Crippen LogP) is 4.60. The van der Waals surface area contributed by atoms with Gasteiger partial charge >= 0.3 is 6.18 Å². The number of amides is 1. The topological polar surface area (TPSA) is 46.2 Å². The van der Waals surface area contributed by atoms with Gasteiger partial charge in [0.15, 0.2) is 5.78 Å². The summed E-state index contributed by atoms with van der Waals surface area (Å²) in [5, 5.41) is 2.55. The SMILES string of the molecule is Cc1ccc(C(=O)CCC(=O)NCc2cccc(C(F)(F)F)c2)cc1C. The molecule has 0 fully saturated rings. The first kappa shape index (κ1) is 19.7. The maximum Gasteiger partial charge on any atom is 0.416 e. The molecule has 0 bridgehead atoms. The van der Waals surface area contributed by atoms with Gasteiger partial charge in [0.05, 0.1) is 5.56 Å². The molecule has 0 heterocycles. The first-order valence-corrected chi connectivity index (χ1v) is 8.20. The van der Waals surface area contributed by atoms with Gasteiger partial charge in [0.1, 0.15) is 0 Å². The van der Waals surface area contributed by atoms with E-state index in [9.17, 15) is 22.8 Å². The summed E-state index contributed by atoms with van der Waals surface area (Å²) >= 11 is 0. The van der Waals surface area contributed by atoms with E-state index in [1.807, 2.05) is 19.9 Å². The van der Waals surface area contributed by atoms with Crippen molar-refractivity contribution < 1.29 is 22.8 Å². The molecule has 26 heavy (non-hydrogen) atoms. The Morgan fingerprint density at radius 1 is 0.962 bits per heavy atom. The van der Waals surface area contributed by atoms with Gasteiger partial charge in [0, 0.05) is 24.9 Å². The van der Waals surface area contributed by atoms with Crippen LogP contribution < -0.4 is 5.32 Å². The second-order valence-corrected chi connectivity index (χ2v) is 6.20. The monoisotopic (exact) mass is 363 g/mol. The molecule has 0 unspecified atom stereocenters. The van der Waals surface area contributed by atoms with Crippen LogP contribution in [-0.4, -0.2) is 11.7 Å². The molecule has 0 saturated carbocycles. The fraction of sp³-hybridized carbons (Fsp3) is 0.300. The Bertz CT molecular complexity index is 813. The molecule has 1 amide bonds. The van der Waals surface area contributed by atoms with E-state index >= 15 is 0 Å². The van der Waals surface area contributed by atoms with Crippen LogP contribution in [0.3, 0.4) is 0 Å². The van der Waals surface area contributed by atoms with Crippen LogP contribution in [0.25, 0.3) is 0 Å². The highest BCUT2D eigenvalue weighted by molar-refractivity contribution is 5.98. The van der Waals surface area contributed by atoms with Crippen molar-refractivity contribution in [2.24, 2.45) is 0 Å². The second kappa shape index (κ2) is 8.17. The molecule has 0 radical (unpaired) electrons. The number of carbonyl (C=O) groups is 2. The molecule has 138 valence electrons. The van der Waals surface area contributed by atoms with Crippen LogP contribution >= 0.6 is 0 Å². The Morgan fingerprint density at radius 3 is 2.35 bits per heavy atom. The molecule has 1 N–H and O–H groups in total. The van der Waals surface area contributed by atoms with E-state index in [1.165, 1.54) is 12.1 Å². The molecule has 0 atom stereocenters. The zero-order valence-electron chi connectivity index (χ0n) is 14.6. The Hall–Kier alpha value is -2.63. The number of benzene rings is 2. The lowest BCUT2D eigenvalue weighted by Crippen LogP contribution is -2.23. The van der Waals surface area contributed by atoms with Gasteiger partial charge in [-0.25, -0.2) is 0 Å². The second-order valence-electron chi connectivity index (χ2n) is 6.20. The lowest BCUT2D eigenvalue weighted by atomic mass is 10.0. The van der Waals surface area contributed by atoms with Gasteiger partial charge < -0.3 is 5.32 Å². The third-order valence-electron chi connectivity index (χ3n) is 4.15. The fourth-order valence-electron chi connectivity index (χ4n) is 2.43. The van der Waals surface area contributed by atoms with Crippen molar-refractivity contribution >= 4 is 11.7 Å². The summed E-state index contributed by atoms with van der Waals surface area (Å²) in [6.07, 6.45) is -4.37. The van der Waals surface area contributed by atoms with Crippen LogP contribution in [0.1, 0.15) is 45.5 Å². The number of halogens is 3. The van der Waals surface area contributed by atoms with Crippen LogP contribution in [0.4, 0.5) is 13.2 Å². The summed E-state index contributed by atoms with van der Waals surface area (Å²) in [5.41, 5.74) is 2.24. The summed E-state index contributed by atoms with van der Waals surface area (Å²) in [5.74, 6) is -0.512. The number of alkyl halides is 3. The summed E-state index contributed by atoms with van der Waals surface area (Å²) in [4.78, 5) is 24.0. The normalized spacial score (nSPS) is 11.3. The lowest BCUT2D eigenvalue weighted by Gasteiger charge is -2.10. The Morgan fingerprint density at radius 2 is 1.69 bits per heavy atom. The summed E-state index contributed by atoms with van der Waals surface area (Å²) in [6.45, 7) is 3.85. The van der Waals surface area contributed by atoms with E-state index in [1.54, 1.807) is 12.1 Å². The molecule has 0 aliphatic heterocycles. The predicted molar refractivity (Wildman–Crippen MR) is 92.8 cm³/mol. The highest BCUT2D eigenvalue weighted by Gasteiger charge is 2.30. The number of aryl methyl sites for hydroxylation is 2. The Kier molecular flexibility index (Phi) is 6.18. The Labute approximate surface area is 150 Å². The molecule has 2 rings (SSSR count). The van der Waals surface area contributed by atoms with E-state index in [4.69, 9.17) is 0 Å². The first-order chi connectivity index (χ1) is 12.2. The molecular formula is C20H20F3NO2. The van der Waals surface area contributed by atoms with Crippen molar-refractivity contribution in [3.8, 4) is 0 Å². The van der Waals surface area contributed by atoms with Crippen molar-refractivity contribution in [1.82, 2.24) is 5.32 Å². The van der Waals surface area contributed by atoms with Crippen molar-refractivity contribution in [2.75, 3.05) is 0 Å². The van der Waals surface area contributed by atoms with Gasteiger partial charge in [-0.3, -0.25) is 9.59 Å². The van der Waals surface area contributed by atoms with Crippen molar-refractivity contribution in [3.63, 3.8) is 0 Å². The number of nitrogens with one attached hydrogen (secondary N) is 1. The fourth-order valence-corrected chi connectivity index (χ4v) is 2.43. The minimum Gasteiger partial charge on any atom is -0.352 e. The first-order valence-electron chi connectivity index (χ1n) is 8.20. The Balaban J connectivity index is 1.85. The van der Waals surface area contributed by atoms with E-state index in [-0.39, 0.29) is 31.1 Å². The van der Waals surface area contributed by atoms with E-state index in [0.29, 0.717) is 11.1 Å². The zero-order chi connectivity index (χ0) is 19.3. The highest BCUT2D eigenvalue weighted by atomic mass is 19.4. The van der Waals surface area contributed by atoms with Gasteiger partial charge in [0.2, 0.25) is 5.91 Å². The van der Waals surface area contributed by atoms with Crippen LogP contribution in [0.15, 0.2) is 42.5 Å². The molecule has 6 heteroatoms. The number of carbonyl (C=O) groups excluding carboxylic acids is 2. The van der Waals surface area contributed by atoms with E-state index in [2.05, 4.69) is 5.32 Å². The van der Waals surface area contributed by atoms with Crippen LogP contribution in [0.2, 0.25) is 0 Å². The van der Waals surface area contributed by atoms with E-state index in [0.717, 1.165) is 23.3 Å². The lowest BCUT2D eigenvalue weighted by molar-refractivity contribution is -0.137. The zero-order valence-corrected chi connectivity index (χ0v) is 14.6.